The fourth-order valence-electron chi connectivity index (χ4n) is 8.62. The van der Waals surface area contributed by atoms with E-state index in [0.717, 1.165) is 12.5 Å². The number of ketones is 6. The molecule has 0 heterocycles. The van der Waals surface area contributed by atoms with E-state index >= 15 is 0 Å². The number of aromatic hydroxyl groups is 1. The topological polar surface area (TPSA) is 143 Å². The van der Waals surface area contributed by atoms with Crippen molar-refractivity contribution in [3.05, 3.63) is 28.3 Å². The van der Waals surface area contributed by atoms with Gasteiger partial charge < -0.3 is 10.2 Å². The van der Waals surface area contributed by atoms with Crippen LogP contribution < -0.4 is 0 Å². The number of rotatable bonds is 6. The SMILES string of the molecule is CC(=O)C1C(=O)C(C(C)C)[C@@]2(C)C[C@@]3(C)Cc4c(C(C)C)cc(CCC(=O)C(C)(C)C)c(O)c4C(=O)C3C(=O)[C@@]2(O)C1=O. The zero-order valence-electron chi connectivity index (χ0n) is 27.1. The molecule has 0 bridgehead atoms. The number of hydrogen-bond acceptors (Lipinski definition) is 8. The molecular formula is C35H46O8. The Morgan fingerprint density at radius 3 is 2.09 bits per heavy atom. The van der Waals surface area contributed by atoms with Crippen molar-refractivity contribution in [2.45, 2.75) is 106 Å². The molecule has 1 aromatic rings. The molecule has 2 saturated carbocycles. The summed E-state index contributed by atoms with van der Waals surface area (Å²) in [5.41, 5.74) is -4.05. The Kier molecular flexibility index (Phi) is 7.87. The standard InChI is InChI=1S/C35H46O8/c1-16(2)20-13-19(11-12-22(37)32(6,7)8)27(38)24-21(20)14-33(9)15-34(10)25(17(3)4)28(39)23(18(5)36)30(41)35(34,43)31(42)26(33)29(24)40/h13,16-17,23,25-26,38,43H,11-12,14-15H2,1-10H3/t23?,25?,26?,33-,34-,35+/m1/s1. The summed E-state index contributed by atoms with van der Waals surface area (Å²) in [7, 11) is 0. The summed E-state index contributed by atoms with van der Waals surface area (Å²) in [6.07, 6.45) is 0.591. The minimum absolute atomic E-state index is 0.00340. The highest BCUT2D eigenvalue weighted by molar-refractivity contribution is 6.32. The Labute approximate surface area is 254 Å². The molecule has 0 aromatic heterocycles. The minimum Gasteiger partial charge on any atom is -0.507 e. The van der Waals surface area contributed by atoms with Crippen LogP contribution in [0.5, 0.6) is 5.75 Å². The molecule has 8 heteroatoms. The Hall–Kier alpha value is -3.00. The van der Waals surface area contributed by atoms with Crippen molar-refractivity contribution in [3.8, 4) is 5.75 Å². The van der Waals surface area contributed by atoms with E-state index in [1.807, 2.05) is 40.7 Å². The van der Waals surface area contributed by atoms with Gasteiger partial charge in [0.25, 0.3) is 0 Å². The first-order valence-corrected chi connectivity index (χ1v) is 15.4. The zero-order chi connectivity index (χ0) is 32.8. The highest BCUT2D eigenvalue weighted by Gasteiger charge is 2.76. The molecule has 6 atom stereocenters. The third-order valence-electron chi connectivity index (χ3n) is 10.6. The first-order valence-electron chi connectivity index (χ1n) is 15.4. The van der Waals surface area contributed by atoms with Gasteiger partial charge in [0.05, 0.1) is 11.5 Å². The molecule has 0 amide bonds. The van der Waals surface area contributed by atoms with Gasteiger partial charge in [-0.2, -0.15) is 0 Å². The van der Waals surface area contributed by atoms with Crippen LogP contribution in [0.2, 0.25) is 0 Å². The highest BCUT2D eigenvalue weighted by Crippen LogP contribution is 2.64. The lowest BCUT2D eigenvalue weighted by atomic mass is 9.39. The van der Waals surface area contributed by atoms with Crippen molar-refractivity contribution in [3.63, 3.8) is 0 Å². The van der Waals surface area contributed by atoms with Crippen LogP contribution in [0, 0.1) is 39.9 Å². The van der Waals surface area contributed by atoms with Gasteiger partial charge in [0, 0.05) is 23.2 Å². The van der Waals surface area contributed by atoms with Gasteiger partial charge >= 0.3 is 0 Å². The van der Waals surface area contributed by atoms with Gasteiger partial charge in [-0.05, 0) is 60.1 Å². The molecule has 2 fully saturated rings. The summed E-state index contributed by atoms with van der Waals surface area (Å²) in [6, 6.07) is 1.84. The second kappa shape index (κ2) is 10.3. The van der Waals surface area contributed by atoms with Crippen LogP contribution in [0.3, 0.4) is 0 Å². The summed E-state index contributed by atoms with van der Waals surface area (Å²) in [4.78, 5) is 81.7. The lowest BCUT2D eigenvalue weighted by Crippen LogP contribution is -2.76. The molecule has 0 radical (unpaired) electrons. The van der Waals surface area contributed by atoms with Crippen molar-refractivity contribution in [2.24, 2.45) is 39.9 Å². The van der Waals surface area contributed by atoms with Crippen molar-refractivity contribution in [1.29, 1.82) is 0 Å². The maximum absolute atomic E-state index is 14.5. The molecule has 0 saturated heterocycles. The maximum Gasteiger partial charge on any atom is 0.190 e. The number of carbonyl (C=O) groups excluding carboxylic acids is 6. The van der Waals surface area contributed by atoms with Crippen LogP contribution in [-0.2, 0) is 36.8 Å². The summed E-state index contributed by atoms with van der Waals surface area (Å²) < 4.78 is 0. The first-order chi connectivity index (χ1) is 19.6. The van der Waals surface area contributed by atoms with Crippen LogP contribution in [0.15, 0.2) is 6.07 Å². The predicted octanol–water partition coefficient (Wildman–Crippen LogP) is 4.76. The molecule has 8 nitrogen and oxygen atoms in total. The molecule has 3 unspecified atom stereocenters. The quantitative estimate of drug-likeness (QED) is 0.449. The number of carbonyl (C=O) groups is 6. The molecule has 234 valence electrons. The normalized spacial score (nSPS) is 32.5. The first kappa shape index (κ1) is 32.9. The highest BCUT2D eigenvalue weighted by atomic mass is 16.3. The Balaban J connectivity index is 1.93. The van der Waals surface area contributed by atoms with E-state index in [1.54, 1.807) is 27.7 Å². The summed E-state index contributed by atoms with van der Waals surface area (Å²) >= 11 is 0. The molecule has 43 heavy (non-hydrogen) atoms. The number of phenolic OH excluding ortho intramolecular Hbond substituents is 1. The lowest BCUT2D eigenvalue weighted by molar-refractivity contribution is -0.205. The number of phenols is 1. The predicted molar refractivity (Wildman–Crippen MR) is 160 cm³/mol. The second-order valence-electron chi connectivity index (χ2n) is 15.5. The number of benzene rings is 1. The van der Waals surface area contributed by atoms with Gasteiger partial charge in [-0.3, -0.25) is 28.8 Å². The Bertz CT molecular complexity index is 1460. The summed E-state index contributed by atoms with van der Waals surface area (Å²) in [6.45, 7) is 17.4. The second-order valence-corrected chi connectivity index (χ2v) is 15.5. The van der Waals surface area contributed by atoms with Crippen LogP contribution in [0.1, 0.15) is 115 Å². The Morgan fingerprint density at radius 1 is 1.02 bits per heavy atom. The molecule has 2 N–H and O–H groups in total. The number of fused-ring (bicyclic) bond motifs is 3. The van der Waals surface area contributed by atoms with E-state index in [9.17, 15) is 39.0 Å². The van der Waals surface area contributed by atoms with E-state index < -0.39 is 74.4 Å². The van der Waals surface area contributed by atoms with Gasteiger partial charge in [-0.15, -0.1) is 0 Å². The lowest BCUT2D eigenvalue weighted by Gasteiger charge is -2.62. The third-order valence-corrected chi connectivity index (χ3v) is 10.6. The van der Waals surface area contributed by atoms with Crippen LogP contribution >= 0.6 is 0 Å². The smallest absolute Gasteiger partial charge is 0.190 e. The molecule has 3 aliphatic rings. The number of aryl methyl sites for hydroxylation is 1. The molecule has 0 spiro atoms. The van der Waals surface area contributed by atoms with E-state index in [1.165, 1.54) is 0 Å². The maximum atomic E-state index is 14.5. The van der Waals surface area contributed by atoms with Gasteiger partial charge in [0.15, 0.2) is 28.7 Å². The molecular weight excluding hydrogens is 548 g/mol. The Morgan fingerprint density at radius 2 is 1.60 bits per heavy atom. The van der Waals surface area contributed by atoms with E-state index in [4.69, 9.17) is 0 Å². The summed E-state index contributed by atoms with van der Waals surface area (Å²) in [5, 5.41) is 23.7. The largest absolute Gasteiger partial charge is 0.507 e. The van der Waals surface area contributed by atoms with Crippen LogP contribution in [0.25, 0.3) is 0 Å². The fraction of sp³-hybridized carbons (Fsp3) is 0.657. The average molecular weight is 595 g/mol. The van der Waals surface area contributed by atoms with Crippen molar-refractivity contribution in [1.82, 2.24) is 0 Å². The van der Waals surface area contributed by atoms with Gasteiger partial charge in [-0.1, -0.05) is 68.4 Å². The molecule has 0 aliphatic heterocycles. The van der Waals surface area contributed by atoms with Gasteiger partial charge in [0.2, 0.25) is 0 Å². The van der Waals surface area contributed by atoms with E-state index in [2.05, 4.69) is 0 Å². The van der Waals surface area contributed by atoms with Crippen molar-refractivity contribution >= 4 is 34.7 Å². The molecule has 3 aliphatic carbocycles. The zero-order valence-corrected chi connectivity index (χ0v) is 27.1. The molecule has 4 rings (SSSR count). The number of hydrogen-bond donors (Lipinski definition) is 2. The van der Waals surface area contributed by atoms with E-state index in [0.29, 0.717) is 11.1 Å². The monoisotopic (exact) mass is 594 g/mol. The van der Waals surface area contributed by atoms with E-state index in [-0.39, 0.29) is 48.7 Å². The van der Waals surface area contributed by atoms with Crippen molar-refractivity contribution in [2.75, 3.05) is 0 Å². The molecule has 1 aromatic carbocycles. The summed E-state index contributed by atoms with van der Waals surface area (Å²) in [5.74, 6) is -9.12. The van der Waals surface area contributed by atoms with Crippen LogP contribution in [0.4, 0.5) is 0 Å². The van der Waals surface area contributed by atoms with Gasteiger partial charge in [0.1, 0.15) is 23.2 Å². The average Bonchev–Trinajstić information content (AvgIpc) is 2.84. The van der Waals surface area contributed by atoms with Crippen LogP contribution in [-0.4, -0.2) is 50.5 Å². The minimum atomic E-state index is -2.73. The van der Waals surface area contributed by atoms with Crippen molar-refractivity contribution < 1.29 is 39.0 Å². The number of Topliss-reactive ketones (excluding diaryl/α,β-unsaturated/α-hetero) is 6. The number of aliphatic hydroxyl groups is 1. The van der Waals surface area contributed by atoms with Gasteiger partial charge in [-0.25, -0.2) is 0 Å². The fourth-order valence-corrected chi connectivity index (χ4v) is 8.62. The third kappa shape index (κ3) is 4.58.